The molecular formula is C19H18N2O2. The van der Waals surface area contributed by atoms with Crippen molar-refractivity contribution in [2.24, 2.45) is 10.2 Å². The topological polar surface area (TPSA) is 54.2 Å². The number of methoxy groups -OCH3 is 1. The predicted molar refractivity (Wildman–Crippen MR) is 92.3 cm³/mol. The zero-order valence-electron chi connectivity index (χ0n) is 13.4. The van der Waals surface area contributed by atoms with Gasteiger partial charge in [0.2, 0.25) is 0 Å². The molecule has 0 amide bonds. The molecule has 0 spiro atoms. The maximum Gasteiger partial charge on any atom is 0.123 e. The van der Waals surface area contributed by atoms with E-state index in [2.05, 4.69) is 16.3 Å². The van der Waals surface area contributed by atoms with Crippen molar-refractivity contribution in [1.82, 2.24) is 0 Å². The molecule has 0 saturated carbocycles. The van der Waals surface area contributed by atoms with Crippen LogP contribution >= 0.6 is 0 Å². The second-order valence-corrected chi connectivity index (χ2v) is 5.56. The number of nitrogens with zero attached hydrogens (tertiary/aromatic N) is 2. The lowest BCUT2D eigenvalue weighted by atomic mass is 10.1. The Morgan fingerprint density at radius 1 is 0.826 bits per heavy atom. The summed E-state index contributed by atoms with van der Waals surface area (Å²) in [6.45, 7) is 4.07. The zero-order valence-corrected chi connectivity index (χ0v) is 13.4. The number of benzene rings is 3. The third kappa shape index (κ3) is 3.16. The third-order valence-corrected chi connectivity index (χ3v) is 3.66. The first kappa shape index (κ1) is 15.0. The average Bonchev–Trinajstić information content (AvgIpc) is 2.53. The Kier molecular flexibility index (Phi) is 3.98. The fourth-order valence-corrected chi connectivity index (χ4v) is 2.63. The minimum absolute atomic E-state index is 0.198. The van der Waals surface area contributed by atoms with Crippen molar-refractivity contribution in [2.75, 3.05) is 7.11 Å². The number of phenols is 1. The fraction of sp³-hybridized carbons (Fsp3) is 0.158. The lowest BCUT2D eigenvalue weighted by Crippen LogP contribution is -1.83. The van der Waals surface area contributed by atoms with Crippen LogP contribution in [0.2, 0.25) is 0 Å². The number of aromatic hydroxyl groups is 1. The zero-order chi connectivity index (χ0) is 16.4. The lowest BCUT2D eigenvalue weighted by Gasteiger charge is -2.06. The maximum atomic E-state index is 10.0. The van der Waals surface area contributed by atoms with Crippen LogP contribution in [0.4, 0.5) is 11.4 Å². The normalized spacial score (nSPS) is 11.3. The fourth-order valence-electron chi connectivity index (χ4n) is 2.63. The molecule has 0 aromatic heterocycles. The van der Waals surface area contributed by atoms with E-state index in [-0.39, 0.29) is 5.75 Å². The van der Waals surface area contributed by atoms with E-state index in [1.54, 1.807) is 25.3 Å². The highest BCUT2D eigenvalue weighted by molar-refractivity contribution is 5.97. The van der Waals surface area contributed by atoms with Crippen LogP contribution < -0.4 is 4.74 Å². The molecule has 0 saturated heterocycles. The number of rotatable bonds is 3. The van der Waals surface area contributed by atoms with Crippen LogP contribution in [0.1, 0.15) is 11.1 Å². The molecule has 0 radical (unpaired) electrons. The van der Waals surface area contributed by atoms with Crippen molar-refractivity contribution < 1.29 is 9.84 Å². The van der Waals surface area contributed by atoms with E-state index in [9.17, 15) is 5.11 Å². The number of phenolic OH excluding ortho intramolecular Hbond substituents is 1. The largest absolute Gasteiger partial charge is 0.507 e. The van der Waals surface area contributed by atoms with Crippen LogP contribution in [0.25, 0.3) is 10.8 Å². The Morgan fingerprint density at radius 2 is 1.57 bits per heavy atom. The monoisotopic (exact) mass is 306 g/mol. The Morgan fingerprint density at radius 3 is 2.26 bits per heavy atom. The molecule has 4 nitrogen and oxygen atoms in total. The van der Waals surface area contributed by atoms with E-state index in [1.807, 2.05) is 38.1 Å². The van der Waals surface area contributed by atoms with Gasteiger partial charge in [0.1, 0.15) is 11.5 Å². The van der Waals surface area contributed by atoms with Gasteiger partial charge in [-0.3, -0.25) is 0 Å². The molecule has 3 aromatic carbocycles. The van der Waals surface area contributed by atoms with E-state index in [1.165, 1.54) is 0 Å². The van der Waals surface area contributed by atoms with Crippen molar-refractivity contribution in [2.45, 2.75) is 13.8 Å². The highest BCUT2D eigenvalue weighted by atomic mass is 16.5. The second-order valence-electron chi connectivity index (χ2n) is 5.56. The van der Waals surface area contributed by atoms with E-state index in [0.717, 1.165) is 22.2 Å². The Hall–Kier alpha value is -2.88. The molecule has 1 N–H and O–H groups in total. The molecule has 0 unspecified atom stereocenters. The van der Waals surface area contributed by atoms with E-state index < -0.39 is 0 Å². The van der Waals surface area contributed by atoms with Gasteiger partial charge in [0.15, 0.2) is 0 Å². The molecule has 0 atom stereocenters. The van der Waals surface area contributed by atoms with E-state index >= 15 is 0 Å². The van der Waals surface area contributed by atoms with Crippen molar-refractivity contribution in [3.8, 4) is 11.5 Å². The average molecular weight is 306 g/mol. The molecule has 0 heterocycles. The molecule has 0 fully saturated rings. The quantitative estimate of drug-likeness (QED) is 0.641. The van der Waals surface area contributed by atoms with E-state index in [4.69, 9.17) is 4.74 Å². The van der Waals surface area contributed by atoms with Crippen LogP contribution in [0, 0.1) is 13.8 Å². The van der Waals surface area contributed by atoms with Gasteiger partial charge in [0.05, 0.1) is 18.5 Å². The van der Waals surface area contributed by atoms with Gasteiger partial charge in [-0.05, 0) is 67.4 Å². The van der Waals surface area contributed by atoms with Crippen LogP contribution in [0.3, 0.4) is 0 Å². The SMILES string of the molecule is COc1ccc2c(N=Nc3cc(C)cc(C)c3)ccc(O)c2c1. The predicted octanol–water partition coefficient (Wildman–Crippen LogP) is 5.59. The van der Waals surface area contributed by atoms with Crippen LogP contribution in [-0.4, -0.2) is 12.2 Å². The third-order valence-electron chi connectivity index (χ3n) is 3.66. The van der Waals surface area contributed by atoms with Gasteiger partial charge >= 0.3 is 0 Å². The van der Waals surface area contributed by atoms with Crippen molar-refractivity contribution in [3.05, 3.63) is 59.7 Å². The number of aryl methyl sites for hydroxylation is 2. The lowest BCUT2D eigenvalue weighted by molar-refractivity contribution is 0.415. The van der Waals surface area contributed by atoms with Gasteiger partial charge in [-0.2, -0.15) is 5.11 Å². The molecule has 0 aliphatic heterocycles. The van der Waals surface area contributed by atoms with Gasteiger partial charge in [-0.15, -0.1) is 5.11 Å². The van der Waals surface area contributed by atoms with Crippen molar-refractivity contribution >= 4 is 22.1 Å². The minimum atomic E-state index is 0.198. The Balaban J connectivity index is 2.06. The van der Waals surface area contributed by atoms with Crippen molar-refractivity contribution in [3.63, 3.8) is 0 Å². The summed E-state index contributed by atoms with van der Waals surface area (Å²) in [6.07, 6.45) is 0. The van der Waals surface area contributed by atoms with Gasteiger partial charge in [0, 0.05) is 10.8 Å². The molecule has 116 valence electrons. The highest BCUT2D eigenvalue weighted by Gasteiger charge is 2.06. The standard InChI is InChI=1S/C19H18N2O2/c1-12-8-13(2)10-14(9-12)20-21-18-6-7-19(22)17-11-15(23-3)4-5-16(17)18/h4-11,22H,1-3H3. The van der Waals surface area contributed by atoms with Gasteiger partial charge in [0.25, 0.3) is 0 Å². The number of azo groups is 1. The van der Waals surface area contributed by atoms with Gasteiger partial charge < -0.3 is 9.84 Å². The molecule has 3 rings (SSSR count). The van der Waals surface area contributed by atoms with Gasteiger partial charge in [-0.1, -0.05) is 6.07 Å². The summed E-state index contributed by atoms with van der Waals surface area (Å²) >= 11 is 0. The number of hydrogen-bond acceptors (Lipinski definition) is 4. The summed E-state index contributed by atoms with van der Waals surface area (Å²) in [4.78, 5) is 0. The summed E-state index contributed by atoms with van der Waals surface area (Å²) in [5.74, 6) is 0.889. The summed E-state index contributed by atoms with van der Waals surface area (Å²) < 4.78 is 5.21. The Labute approximate surface area is 135 Å². The molecule has 0 bridgehead atoms. The number of fused-ring (bicyclic) bond motifs is 1. The Bertz CT molecular complexity index is 881. The highest BCUT2D eigenvalue weighted by Crippen LogP contribution is 2.35. The number of hydrogen-bond donors (Lipinski definition) is 1. The molecular weight excluding hydrogens is 288 g/mol. The molecule has 23 heavy (non-hydrogen) atoms. The smallest absolute Gasteiger partial charge is 0.123 e. The van der Waals surface area contributed by atoms with E-state index in [0.29, 0.717) is 16.8 Å². The number of ether oxygens (including phenoxy) is 1. The first-order valence-electron chi connectivity index (χ1n) is 7.36. The molecule has 0 aliphatic rings. The summed E-state index contributed by atoms with van der Waals surface area (Å²) in [5, 5.41) is 20.3. The van der Waals surface area contributed by atoms with Crippen molar-refractivity contribution in [1.29, 1.82) is 0 Å². The molecule has 0 aliphatic carbocycles. The summed E-state index contributed by atoms with van der Waals surface area (Å²) in [5.41, 5.74) is 3.83. The minimum Gasteiger partial charge on any atom is -0.507 e. The van der Waals surface area contributed by atoms with Gasteiger partial charge in [-0.25, -0.2) is 0 Å². The summed E-state index contributed by atoms with van der Waals surface area (Å²) in [6, 6.07) is 15.0. The first-order chi connectivity index (χ1) is 11.1. The first-order valence-corrected chi connectivity index (χ1v) is 7.36. The van der Waals surface area contributed by atoms with Crippen LogP contribution in [0.15, 0.2) is 58.8 Å². The second kappa shape index (κ2) is 6.08. The van der Waals surface area contributed by atoms with Crippen LogP contribution in [0.5, 0.6) is 11.5 Å². The summed E-state index contributed by atoms with van der Waals surface area (Å²) in [7, 11) is 1.60. The van der Waals surface area contributed by atoms with Crippen LogP contribution in [-0.2, 0) is 0 Å². The maximum absolute atomic E-state index is 10.0. The molecule has 3 aromatic rings. The molecule has 4 heteroatoms.